The van der Waals surface area contributed by atoms with Gasteiger partial charge in [0.2, 0.25) is 0 Å². The van der Waals surface area contributed by atoms with E-state index in [1.165, 1.54) is 6.07 Å². The molecule has 1 rings (SSSR count). The lowest BCUT2D eigenvalue weighted by molar-refractivity contribution is -0.122. The summed E-state index contributed by atoms with van der Waals surface area (Å²) in [5.74, 6) is -0.581. The second-order valence-electron chi connectivity index (χ2n) is 2.48. The van der Waals surface area contributed by atoms with Crippen LogP contribution in [0.3, 0.4) is 0 Å². The van der Waals surface area contributed by atoms with E-state index >= 15 is 0 Å². The molecule has 0 atom stereocenters. The standard InChI is InChI=1S/C9H9BrO3.CH2O2/c1-2-13-8-4-3-6(10)5-7(8)9(11)12;2-1-3/h3-5H,2H2,1H3,(H,11,12);1H,(H,2,3). The van der Waals surface area contributed by atoms with Crippen LogP contribution in [-0.4, -0.2) is 29.3 Å². The minimum Gasteiger partial charge on any atom is -0.493 e. The molecular weight excluding hydrogens is 280 g/mol. The highest BCUT2D eigenvalue weighted by molar-refractivity contribution is 9.10. The molecule has 0 fully saturated rings. The van der Waals surface area contributed by atoms with Gasteiger partial charge in [0, 0.05) is 4.47 Å². The van der Waals surface area contributed by atoms with E-state index in [9.17, 15) is 4.79 Å². The van der Waals surface area contributed by atoms with Gasteiger partial charge < -0.3 is 14.9 Å². The van der Waals surface area contributed by atoms with Crippen LogP contribution in [0.15, 0.2) is 22.7 Å². The van der Waals surface area contributed by atoms with Crippen molar-refractivity contribution in [2.45, 2.75) is 6.92 Å². The Labute approximate surface area is 101 Å². The zero-order valence-corrected chi connectivity index (χ0v) is 10.1. The van der Waals surface area contributed by atoms with Gasteiger partial charge in [-0.1, -0.05) is 15.9 Å². The Hall–Kier alpha value is -1.56. The Morgan fingerprint density at radius 1 is 1.56 bits per heavy atom. The van der Waals surface area contributed by atoms with Crippen LogP contribution in [0, 0.1) is 0 Å². The molecule has 16 heavy (non-hydrogen) atoms. The van der Waals surface area contributed by atoms with Gasteiger partial charge in [0.25, 0.3) is 6.47 Å². The van der Waals surface area contributed by atoms with Crippen LogP contribution in [0.25, 0.3) is 0 Å². The van der Waals surface area contributed by atoms with Crippen molar-refractivity contribution >= 4 is 28.4 Å². The molecule has 1 aromatic rings. The summed E-state index contributed by atoms with van der Waals surface area (Å²) in [5, 5.41) is 15.7. The van der Waals surface area contributed by atoms with Gasteiger partial charge in [0.15, 0.2) is 0 Å². The quantitative estimate of drug-likeness (QED) is 0.834. The largest absolute Gasteiger partial charge is 0.493 e. The summed E-state index contributed by atoms with van der Waals surface area (Å²) in [5.41, 5.74) is 0.177. The number of aromatic carboxylic acids is 1. The molecule has 0 saturated heterocycles. The second kappa shape index (κ2) is 7.70. The first-order valence-electron chi connectivity index (χ1n) is 4.30. The van der Waals surface area contributed by atoms with E-state index in [-0.39, 0.29) is 12.0 Å². The molecule has 0 unspecified atom stereocenters. The summed E-state index contributed by atoms with van der Waals surface area (Å²) < 4.78 is 5.88. The molecule has 1 aromatic carbocycles. The number of carboxylic acid groups (broad SMARTS) is 2. The molecule has 2 N–H and O–H groups in total. The SMILES string of the molecule is CCOc1ccc(Br)cc1C(=O)O.O=CO. The summed E-state index contributed by atoms with van der Waals surface area (Å²) in [6.45, 7) is 2.02. The van der Waals surface area contributed by atoms with E-state index in [2.05, 4.69) is 15.9 Å². The van der Waals surface area contributed by atoms with E-state index in [0.29, 0.717) is 12.4 Å². The van der Waals surface area contributed by atoms with Gasteiger partial charge in [0.05, 0.1) is 6.61 Å². The number of hydrogen-bond donors (Lipinski definition) is 2. The molecule has 0 saturated carbocycles. The first-order valence-corrected chi connectivity index (χ1v) is 5.09. The van der Waals surface area contributed by atoms with E-state index in [1.54, 1.807) is 12.1 Å². The molecule has 0 aliphatic heterocycles. The van der Waals surface area contributed by atoms with Crippen LogP contribution in [0.1, 0.15) is 17.3 Å². The third kappa shape index (κ3) is 4.79. The predicted octanol–water partition coefficient (Wildman–Crippen LogP) is 2.25. The third-order valence-corrected chi connectivity index (χ3v) is 1.97. The van der Waals surface area contributed by atoms with E-state index in [0.717, 1.165) is 4.47 Å². The van der Waals surface area contributed by atoms with Gasteiger partial charge in [0.1, 0.15) is 11.3 Å². The van der Waals surface area contributed by atoms with Gasteiger partial charge in [-0.15, -0.1) is 0 Å². The fraction of sp³-hybridized carbons (Fsp3) is 0.200. The first-order chi connectivity index (χ1) is 7.56. The second-order valence-corrected chi connectivity index (χ2v) is 3.40. The van der Waals surface area contributed by atoms with Crippen LogP contribution < -0.4 is 4.74 Å². The molecule has 0 heterocycles. The molecule has 0 bridgehead atoms. The molecule has 0 amide bonds. The Morgan fingerprint density at radius 3 is 2.56 bits per heavy atom. The number of hydrogen-bond acceptors (Lipinski definition) is 3. The normalized spacial score (nSPS) is 8.62. The molecule has 5 nitrogen and oxygen atoms in total. The van der Waals surface area contributed by atoms with Crippen LogP contribution in [0.2, 0.25) is 0 Å². The van der Waals surface area contributed by atoms with Gasteiger partial charge in [-0.3, -0.25) is 4.79 Å². The predicted molar refractivity (Wildman–Crippen MR) is 61.0 cm³/mol. The van der Waals surface area contributed by atoms with Gasteiger partial charge in [-0.25, -0.2) is 4.79 Å². The van der Waals surface area contributed by atoms with Gasteiger partial charge in [-0.05, 0) is 25.1 Å². The number of ether oxygens (including phenoxy) is 1. The average molecular weight is 291 g/mol. The fourth-order valence-electron chi connectivity index (χ4n) is 0.951. The fourth-order valence-corrected chi connectivity index (χ4v) is 1.31. The monoisotopic (exact) mass is 290 g/mol. The van der Waals surface area contributed by atoms with E-state index < -0.39 is 5.97 Å². The number of carboxylic acids is 1. The van der Waals surface area contributed by atoms with Crippen molar-refractivity contribution in [3.05, 3.63) is 28.2 Å². The first kappa shape index (κ1) is 14.4. The Morgan fingerprint density at radius 2 is 2.12 bits per heavy atom. The molecule has 0 aliphatic carbocycles. The van der Waals surface area contributed by atoms with Crippen LogP contribution >= 0.6 is 15.9 Å². The van der Waals surface area contributed by atoms with E-state index in [4.69, 9.17) is 19.7 Å². The number of rotatable bonds is 3. The van der Waals surface area contributed by atoms with Crippen molar-refractivity contribution in [1.29, 1.82) is 0 Å². The van der Waals surface area contributed by atoms with Crippen molar-refractivity contribution in [1.82, 2.24) is 0 Å². The zero-order valence-electron chi connectivity index (χ0n) is 8.51. The van der Waals surface area contributed by atoms with Crippen molar-refractivity contribution in [3.8, 4) is 5.75 Å². The number of halogens is 1. The van der Waals surface area contributed by atoms with Crippen LogP contribution in [-0.2, 0) is 4.79 Å². The smallest absolute Gasteiger partial charge is 0.339 e. The maximum atomic E-state index is 10.7. The zero-order chi connectivity index (χ0) is 12.6. The average Bonchev–Trinajstić information content (AvgIpc) is 2.22. The van der Waals surface area contributed by atoms with Crippen molar-refractivity contribution in [3.63, 3.8) is 0 Å². The Balaban J connectivity index is 0.000000673. The summed E-state index contributed by atoms with van der Waals surface area (Å²) >= 11 is 3.20. The molecule has 6 heteroatoms. The lowest BCUT2D eigenvalue weighted by atomic mass is 10.2. The Bertz CT molecular complexity index is 364. The lowest BCUT2D eigenvalue weighted by Gasteiger charge is -2.06. The molecule has 0 aliphatic rings. The summed E-state index contributed by atoms with van der Waals surface area (Å²) in [6.07, 6.45) is 0. The van der Waals surface area contributed by atoms with Gasteiger partial charge >= 0.3 is 5.97 Å². The van der Waals surface area contributed by atoms with Crippen molar-refractivity contribution in [2.24, 2.45) is 0 Å². The van der Waals surface area contributed by atoms with Crippen molar-refractivity contribution < 1.29 is 24.5 Å². The van der Waals surface area contributed by atoms with E-state index in [1.807, 2.05) is 6.92 Å². The molecular formula is C10H11BrO5. The highest BCUT2D eigenvalue weighted by Gasteiger charge is 2.10. The van der Waals surface area contributed by atoms with Gasteiger partial charge in [-0.2, -0.15) is 0 Å². The topological polar surface area (TPSA) is 83.8 Å². The molecule has 0 spiro atoms. The summed E-state index contributed by atoms with van der Waals surface area (Å²) in [7, 11) is 0. The molecule has 0 radical (unpaired) electrons. The maximum absolute atomic E-state index is 10.7. The maximum Gasteiger partial charge on any atom is 0.339 e. The minimum absolute atomic E-state index is 0.177. The lowest BCUT2D eigenvalue weighted by Crippen LogP contribution is -2.02. The number of carbonyl (C=O) groups is 2. The highest BCUT2D eigenvalue weighted by Crippen LogP contribution is 2.22. The summed E-state index contributed by atoms with van der Waals surface area (Å²) in [6, 6.07) is 4.90. The molecule has 88 valence electrons. The molecule has 0 aromatic heterocycles. The van der Waals surface area contributed by atoms with Crippen molar-refractivity contribution in [2.75, 3.05) is 6.61 Å². The van der Waals surface area contributed by atoms with Crippen LogP contribution in [0.4, 0.5) is 0 Å². The number of benzene rings is 1. The Kier molecular flexibility index (Phi) is 6.95. The summed E-state index contributed by atoms with van der Waals surface area (Å²) in [4.78, 5) is 19.1. The minimum atomic E-state index is -0.982. The van der Waals surface area contributed by atoms with Crippen LogP contribution in [0.5, 0.6) is 5.75 Å². The third-order valence-electron chi connectivity index (χ3n) is 1.47. The highest BCUT2D eigenvalue weighted by atomic mass is 79.9.